The molecule has 11 heavy (non-hydrogen) atoms. The van der Waals surface area contributed by atoms with E-state index >= 15 is 0 Å². The third-order valence-corrected chi connectivity index (χ3v) is 2.05. The molecular weight excluding hydrogens is 216 g/mol. The molecule has 0 unspecified atom stereocenters. The molecular formula is C8H12BrMgO+2. The highest BCUT2D eigenvalue weighted by atomic mass is 79.9. The first-order chi connectivity index (χ1) is 4.80. The van der Waals surface area contributed by atoms with Gasteiger partial charge in [-0.1, -0.05) is 18.2 Å². The van der Waals surface area contributed by atoms with Crippen molar-refractivity contribution in [1.29, 1.82) is 0 Å². The third kappa shape index (κ3) is 5.67. The molecule has 0 saturated heterocycles. The molecule has 7 radical (unpaired) electrons. The van der Waals surface area contributed by atoms with Gasteiger partial charge in [-0.3, -0.25) is 0 Å². The number of aryl methyl sites for hydroxylation is 1. The molecule has 1 N–H and O–H groups in total. The second-order valence-electron chi connectivity index (χ2n) is 1.93. The average Bonchev–Trinajstić information content (AvgIpc) is 2.00. The lowest BCUT2D eigenvalue weighted by Gasteiger charge is -1.77. The summed E-state index contributed by atoms with van der Waals surface area (Å²) in [7, 11) is 1.00. The van der Waals surface area contributed by atoms with Crippen molar-refractivity contribution in [3.63, 3.8) is 0 Å². The van der Waals surface area contributed by atoms with Gasteiger partial charge in [-0.2, -0.15) is 0 Å². The van der Waals surface area contributed by atoms with E-state index in [1.54, 1.807) is 0 Å². The van der Waals surface area contributed by atoms with Crippen LogP contribution in [0, 0.1) is 6.92 Å². The van der Waals surface area contributed by atoms with E-state index in [1.807, 2.05) is 21.7 Å². The van der Waals surface area contributed by atoms with Crippen LogP contribution >= 0.6 is 17.0 Å². The molecule has 0 saturated carbocycles. The van der Waals surface area contributed by atoms with Gasteiger partial charge in [0.15, 0.2) is 0 Å². The Morgan fingerprint density at radius 1 is 1.18 bits per heavy atom. The highest BCUT2D eigenvalue weighted by molar-refractivity contribution is 8.93. The van der Waals surface area contributed by atoms with E-state index in [9.17, 15) is 0 Å². The average molecular weight is 228 g/mol. The van der Waals surface area contributed by atoms with Crippen LogP contribution in [0.2, 0.25) is 0 Å². The topological polar surface area (TPSA) is 20.2 Å². The number of hydrogen-bond donors (Lipinski definition) is 1. The highest BCUT2D eigenvalue weighted by Gasteiger charge is 2.32. The number of aliphatic hydroxyl groups excluding tert-OH is 1. The first-order valence-corrected chi connectivity index (χ1v) is 3.84. The maximum Gasteiger partial charge on any atom is 1.47 e. The summed E-state index contributed by atoms with van der Waals surface area (Å²) in [5.74, 6) is 0. The van der Waals surface area contributed by atoms with Gasteiger partial charge in [-0.05, 0) is 6.92 Å². The van der Waals surface area contributed by atoms with Crippen molar-refractivity contribution in [2.75, 3.05) is 7.11 Å². The van der Waals surface area contributed by atoms with Gasteiger partial charge >= 0.3 is 25.4 Å². The van der Waals surface area contributed by atoms with Crippen molar-refractivity contribution >= 4 is 42.4 Å². The normalized spacial score (nSPS) is 7.27. The van der Waals surface area contributed by atoms with Gasteiger partial charge in [-0.25, -0.2) is 0 Å². The molecule has 1 nitrogen and oxygen atoms in total. The van der Waals surface area contributed by atoms with Crippen molar-refractivity contribution in [3.05, 3.63) is 29.8 Å². The quantitative estimate of drug-likeness (QED) is 0.656. The summed E-state index contributed by atoms with van der Waals surface area (Å²) in [6.07, 6.45) is 0. The lowest BCUT2D eigenvalue weighted by molar-refractivity contribution is 0.399. The summed E-state index contributed by atoms with van der Waals surface area (Å²) < 4.78 is 1.40. The second-order valence-corrected chi connectivity index (χ2v) is 2.69. The minimum atomic E-state index is 0. The fourth-order valence-electron chi connectivity index (χ4n) is 0.610. The van der Waals surface area contributed by atoms with E-state index in [1.165, 1.54) is 9.26 Å². The van der Waals surface area contributed by atoms with Crippen LogP contribution in [0.25, 0.3) is 0 Å². The lowest BCUT2D eigenvalue weighted by atomic mass is 10.2. The Morgan fingerprint density at radius 2 is 1.64 bits per heavy atom. The van der Waals surface area contributed by atoms with Crippen LogP contribution in [0.15, 0.2) is 24.3 Å². The summed E-state index contributed by atoms with van der Waals surface area (Å²) in [6.45, 7) is 2.13. The third-order valence-electron chi connectivity index (χ3n) is 1.26. The van der Waals surface area contributed by atoms with Crippen molar-refractivity contribution in [1.82, 2.24) is 0 Å². The zero-order valence-electron chi connectivity index (χ0n) is 6.87. The van der Waals surface area contributed by atoms with Gasteiger partial charge in [-0.15, -0.1) is 17.0 Å². The molecule has 3 heteroatoms. The predicted octanol–water partition coefficient (Wildman–Crippen LogP) is 0.975. The molecule has 0 amide bonds. The molecule has 1 rings (SSSR count). The van der Waals surface area contributed by atoms with Crippen LogP contribution in [0.1, 0.15) is 5.56 Å². The predicted molar refractivity (Wildman–Crippen MR) is 55.0 cm³/mol. The van der Waals surface area contributed by atoms with E-state index in [0.29, 0.717) is 0 Å². The molecule has 57 valence electrons. The van der Waals surface area contributed by atoms with Crippen LogP contribution in [0.4, 0.5) is 0 Å². The van der Waals surface area contributed by atoms with Crippen LogP contribution in [-0.2, 0) is 0 Å². The van der Waals surface area contributed by atoms with Crippen LogP contribution in [0.3, 0.4) is 0 Å². The molecule has 0 aromatic heterocycles. The fourth-order valence-corrected chi connectivity index (χ4v) is 0.864. The van der Waals surface area contributed by atoms with Gasteiger partial charge in [0.2, 0.25) is 0 Å². The Kier molecular flexibility index (Phi) is 10.8. The maximum absolute atomic E-state index is 7.00. The van der Waals surface area contributed by atoms with Gasteiger partial charge in [0.1, 0.15) is 0 Å². The number of hydrogen-bond acceptors (Lipinski definition) is 1. The number of rotatable bonds is 0. The Labute approximate surface area is 91.0 Å². The molecule has 1 aromatic rings. The molecule has 0 spiro atoms. The minimum Gasteiger partial charge on any atom is -0.400 e. The molecule has 1 aromatic carbocycles. The Hall–Kier alpha value is 0.426. The first-order valence-electron chi connectivity index (χ1n) is 3.13. The Bertz CT molecular complexity index is 170. The van der Waals surface area contributed by atoms with Crippen molar-refractivity contribution < 1.29 is 5.11 Å². The van der Waals surface area contributed by atoms with Crippen molar-refractivity contribution in [2.45, 2.75) is 6.92 Å². The summed E-state index contributed by atoms with van der Waals surface area (Å²) in [6, 6.07) is 8.39. The maximum atomic E-state index is 7.00. The molecule has 0 atom stereocenters. The fraction of sp³-hybridized carbons (Fsp3) is 0.250. The van der Waals surface area contributed by atoms with Crippen molar-refractivity contribution in [2.24, 2.45) is 0 Å². The zero-order valence-corrected chi connectivity index (χ0v) is 10.00. The molecule has 0 aliphatic rings. The summed E-state index contributed by atoms with van der Waals surface area (Å²) in [4.78, 5) is 0. The van der Waals surface area contributed by atoms with Crippen molar-refractivity contribution in [3.8, 4) is 0 Å². The van der Waals surface area contributed by atoms with Crippen LogP contribution in [-0.4, -0.2) is 33.9 Å². The Morgan fingerprint density at radius 3 is 1.91 bits per heavy atom. The molecule has 0 fully saturated rings. The van der Waals surface area contributed by atoms with Gasteiger partial charge in [0.25, 0.3) is 0 Å². The van der Waals surface area contributed by atoms with Gasteiger partial charge in [0, 0.05) is 18.7 Å². The van der Waals surface area contributed by atoms with Crippen LogP contribution < -0.4 is 3.69 Å². The van der Waals surface area contributed by atoms with E-state index in [4.69, 9.17) is 5.11 Å². The molecule has 0 aliphatic carbocycles. The SMILES string of the molecule is Br.CO.Cc1cccc[c]1[Mg+2]. The zero-order chi connectivity index (χ0) is 7.98. The summed E-state index contributed by atoms with van der Waals surface area (Å²) >= 11 is 1.93. The Balaban J connectivity index is 0. The van der Waals surface area contributed by atoms with Crippen LogP contribution in [0.5, 0.6) is 0 Å². The lowest BCUT2D eigenvalue weighted by Crippen LogP contribution is -2.04. The molecule has 0 bridgehead atoms. The number of aliphatic hydroxyl groups is 1. The van der Waals surface area contributed by atoms with E-state index in [0.717, 1.165) is 7.11 Å². The monoisotopic (exact) mass is 227 g/mol. The minimum absolute atomic E-state index is 0. The van der Waals surface area contributed by atoms with Gasteiger partial charge < -0.3 is 5.11 Å². The standard InChI is InChI=1S/C7H7.CH4O.BrH.Mg/c1-7-5-3-2-4-6-7;1-2;;/h2-5H,1H3;2H,1H3;1H;/q;;;+2. The second kappa shape index (κ2) is 8.52. The summed E-state index contributed by atoms with van der Waals surface area (Å²) in [5.41, 5.74) is 1.38. The summed E-state index contributed by atoms with van der Waals surface area (Å²) in [5, 5.41) is 7.00. The van der Waals surface area contributed by atoms with Gasteiger partial charge in [0.05, 0.1) is 0 Å². The first kappa shape index (κ1) is 14.0. The number of halogens is 1. The molecule has 0 heterocycles. The van der Waals surface area contributed by atoms with E-state index in [-0.39, 0.29) is 17.0 Å². The largest absolute Gasteiger partial charge is 1.47 e. The smallest absolute Gasteiger partial charge is 0.400 e. The molecule has 0 aliphatic heterocycles. The highest BCUT2D eigenvalue weighted by Crippen LogP contribution is 1.88. The number of benzene rings is 1. The van der Waals surface area contributed by atoms with E-state index in [2.05, 4.69) is 31.2 Å². The van der Waals surface area contributed by atoms with E-state index < -0.39 is 0 Å².